The number of rotatable bonds is 4. The number of ketones is 1. The molecule has 0 aliphatic rings. The van der Waals surface area contributed by atoms with E-state index in [0.717, 1.165) is 15.3 Å². The Morgan fingerprint density at radius 1 is 1.11 bits per heavy atom. The van der Waals surface area contributed by atoms with Gasteiger partial charge in [-0.3, -0.25) is 4.79 Å². The molecular weight excluding hydrogens is 276 g/mol. The van der Waals surface area contributed by atoms with Gasteiger partial charge in [-0.1, -0.05) is 41.9 Å². The Bertz CT molecular complexity index is 623. The van der Waals surface area contributed by atoms with Gasteiger partial charge < -0.3 is 0 Å². The molecule has 0 amide bonds. The summed E-state index contributed by atoms with van der Waals surface area (Å²) in [5.41, 5.74) is 1.01. The number of hydrogen-bond donors (Lipinski definition) is 0. The highest BCUT2D eigenvalue weighted by atomic mass is 35.5. The molecule has 1 heterocycles. The van der Waals surface area contributed by atoms with Crippen molar-refractivity contribution in [2.45, 2.75) is 6.92 Å². The molecule has 0 aliphatic carbocycles. The average Bonchev–Trinajstić information content (AvgIpc) is 2.84. The third-order valence-corrected chi connectivity index (χ3v) is 3.73. The van der Waals surface area contributed by atoms with E-state index in [4.69, 9.17) is 11.6 Å². The lowest BCUT2D eigenvalue weighted by Crippen LogP contribution is -1.88. The van der Waals surface area contributed by atoms with Crippen molar-refractivity contribution in [1.82, 2.24) is 0 Å². The second-order valence-corrected chi connectivity index (χ2v) is 5.77. The summed E-state index contributed by atoms with van der Waals surface area (Å²) < 4.78 is 0. The minimum Gasteiger partial charge on any atom is -0.288 e. The maximum Gasteiger partial charge on any atom is 0.195 e. The third kappa shape index (κ3) is 4.19. The number of halogens is 1. The largest absolute Gasteiger partial charge is 0.288 e. The Kier molecular flexibility index (Phi) is 4.72. The van der Waals surface area contributed by atoms with E-state index >= 15 is 0 Å². The van der Waals surface area contributed by atoms with Gasteiger partial charge in [-0.05, 0) is 42.8 Å². The molecule has 0 bridgehead atoms. The van der Waals surface area contributed by atoms with Crippen LogP contribution in [0.3, 0.4) is 0 Å². The van der Waals surface area contributed by atoms with Gasteiger partial charge in [0.15, 0.2) is 5.78 Å². The number of aryl methyl sites for hydroxylation is 1. The summed E-state index contributed by atoms with van der Waals surface area (Å²) in [6, 6.07) is 13.5. The zero-order valence-electron chi connectivity index (χ0n) is 10.5. The number of benzene rings is 1. The van der Waals surface area contributed by atoms with Crippen molar-refractivity contribution in [2.24, 2.45) is 0 Å². The van der Waals surface area contributed by atoms with Crippen molar-refractivity contribution in [1.29, 1.82) is 0 Å². The van der Waals surface area contributed by atoms with E-state index in [1.54, 1.807) is 6.08 Å². The van der Waals surface area contributed by atoms with Gasteiger partial charge in [0.05, 0.1) is 4.88 Å². The molecule has 0 radical (unpaired) electrons. The Hall–Kier alpha value is -1.64. The first kappa shape index (κ1) is 13.8. The number of carbonyl (C=O) groups excluding carboxylic acids is 1. The van der Waals surface area contributed by atoms with Crippen LogP contribution in [0.1, 0.15) is 20.1 Å². The van der Waals surface area contributed by atoms with E-state index in [9.17, 15) is 4.79 Å². The summed E-state index contributed by atoms with van der Waals surface area (Å²) in [7, 11) is 0. The topological polar surface area (TPSA) is 17.1 Å². The fourth-order valence-electron chi connectivity index (χ4n) is 1.56. The Morgan fingerprint density at radius 2 is 1.84 bits per heavy atom. The lowest BCUT2D eigenvalue weighted by atomic mass is 10.2. The molecular formula is C16H13ClOS. The van der Waals surface area contributed by atoms with E-state index < -0.39 is 0 Å². The fraction of sp³-hybridized carbons (Fsp3) is 0.0625. The van der Waals surface area contributed by atoms with Gasteiger partial charge in [0, 0.05) is 9.91 Å². The minimum atomic E-state index is -0.0160. The number of allylic oxidation sites excluding steroid dienone is 3. The van der Waals surface area contributed by atoms with Gasteiger partial charge in [0.2, 0.25) is 0 Å². The minimum absolute atomic E-state index is 0.0160. The second kappa shape index (κ2) is 6.50. The highest BCUT2D eigenvalue weighted by Gasteiger charge is 2.03. The van der Waals surface area contributed by atoms with E-state index in [-0.39, 0.29) is 5.78 Å². The van der Waals surface area contributed by atoms with Crippen LogP contribution < -0.4 is 0 Å². The van der Waals surface area contributed by atoms with Gasteiger partial charge in [0.25, 0.3) is 0 Å². The summed E-state index contributed by atoms with van der Waals surface area (Å²) in [5.74, 6) is -0.0160. The Morgan fingerprint density at radius 3 is 2.47 bits per heavy atom. The van der Waals surface area contributed by atoms with Crippen molar-refractivity contribution < 1.29 is 4.79 Å². The van der Waals surface area contributed by atoms with Crippen molar-refractivity contribution in [3.63, 3.8) is 0 Å². The number of carbonyl (C=O) groups is 1. The molecule has 0 spiro atoms. The van der Waals surface area contributed by atoms with Crippen LogP contribution in [0, 0.1) is 6.92 Å². The lowest BCUT2D eigenvalue weighted by molar-refractivity contribution is 0.105. The molecule has 1 aromatic carbocycles. The van der Waals surface area contributed by atoms with E-state index in [0.29, 0.717) is 5.03 Å². The maximum atomic E-state index is 11.9. The first-order chi connectivity index (χ1) is 9.15. The molecule has 0 atom stereocenters. The smallest absolute Gasteiger partial charge is 0.195 e. The average molecular weight is 289 g/mol. The van der Waals surface area contributed by atoms with Crippen molar-refractivity contribution in [3.8, 4) is 0 Å². The van der Waals surface area contributed by atoms with Gasteiger partial charge >= 0.3 is 0 Å². The van der Waals surface area contributed by atoms with Gasteiger partial charge in [-0.2, -0.15) is 0 Å². The lowest BCUT2D eigenvalue weighted by Gasteiger charge is -1.93. The number of thiophene rings is 1. The molecule has 3 heteroatoms. The van der Waals surface area contributed by atoms with Crippen molar-refractivity contribution >= 4 is 34.8 Å². The molecule has 2 aromatic rings. The van der Waals surface area contributed by atoms with Crippen LogP contribution >= 0.6 is 22.9 Å². The molecule has 0 fully saturated rings. The summed E-state index contributed by atoms with van der Waals surface area (Å²) in [6.07, 6.45) is 4.96. The monoisotopic (exact) mass is 288 g/mol. The normalized spacial score (nSPS) is 12.0. The molecule has 96 valence electrons. The van der Waals surface area contributed by atoms with E-state index in [1.807, 2.05) is 55.5 Å². The van der Waals surface area contributed by atoms with Crippen LogP contribution in [0.25, 0.3) is 6.08 Å². The standard InChI is InChI=1S/C16H13ClOS/c1-12-7-10-16(19-12)15(18)9-8-14(17)11-13-5-3-2-4-6-13/h2-11H,1H3/b9-8+,14-11-. The molecule has 0 saturated carbocycles. The van der Waals surface area contributed by atoms with Crippen LogP contribution in [0.15, 0.2) is 59.6 Å². The van der Waals surface area contributed by atoms with Gasteiger partial charge in [-0.25, -0.2) is 0 Å². The van der Waals surface area contributed by atoms with E-state index in [1.165, 1.54) is 17.4 Å². The highest BCUT2D eigenvalue weighted by molar-refractivity contribution is 7.14. The highest BCUT2D eigenvalue weighted by Crippen LogP contribution is 2.17. The van der Waals surface area contributed by atoms with E-state index in [2.05, 4.69) is 0 Å². The molecule has 0 aliphatic heterocycles. The molecule has 0 unspecified atom stereocenters. The summed E-state index contributed by atoms with van der Waals surface area (Å²) in [6.45, 7) is 1.98. The Labute approximate surface area is 121 Å². The quantitative estimate of drug-likeness (QED) is 0.436. The summed E-state index contributed by atoms with van der Waals surface area (Å²) >= 11 is 7.57. The molecule has 1 aromatic heterocycles. The number of hydrogen-bond acceptors (Lipinski definition) is 2. The predicted octanol–water partition coefficient (Wildman–Crippen LogP) is 5.08. The van der Waals surface area contributed by atoms with Crippen molar-refractivity contribution in [3.05, 3.63) is 75.0 Å². The molecule has 0 saturated heterocycles. The van der Waals surface area contributed by atoms with Crippen LogP contribution in [-0.4, -0.2) is 5.78 Å². The Balaban J connectivity index is 2.06. The predicted molar refractivity (Wildman–Crippen MR) is 82.8 cm³/mol. The molecule has 2 rings (SSSR count). The first-order valence-corrected chi connectivity index (χ1v) is 7.06. The van der Waals surface area contributed by atoms with Crippen molar-refractivity contribution in [2.75, 3.05) is 0 Å². The molecule has 1 nitrogen and oxygen atoms in total. The summed E-state index contributed by atoms with van der Waals surface area (Å²) in [5, 5.41) is 0.535. The molecule has 0 N–H and O–H groups in total. The van der Waals surface area contributed by atoms with Crippen LogP contribution in [0.5, 0.6) is 0 Å². The zero-order chi connectivity index (χ0) is 13.7. The van der Waals surface area contributed by atoms with Crippen LogP contribution in [0.2, 0.25) is 0 Å². The molecule has 19 heavy (non-hydrogen) atoms. The van der Waals surface area contributed by atoms with Gasteiger partial charge in [0.1, 0.15) is 0 Å². The third-order valence-electron chi connectivity index (χ3n) is 2.48. The van der Waals surface area contributed by atoms with Crippen LogP contribution in [-0.2, 0) is 0 Å². The van der Waals surface area contributed by atoms with Crippen LogP contribution in [0.4, 0.5) is 0 Å². The SMILES string of the molecule is Cc1ccc(C(=O)/C=C/C(Cl)=C/c2ccccc2)s1. The fourth-order valence-corrected chi connectivity index (χ4v) is 2.54. The summed E-state index contributed by atoms with van der Waals surface area (Å²) in [4.78, 5) is 13.7. The van der Waals surface area contributed by atoms with Gasteiger partial charge in [-0.15, -0.1) is 11.3 Å². The zero-order valence-corrected chi connectivity index (χ0v) is 12.0. The first-order valence-electron chi connectivity index (χ1n) is 5.86. The second-order valence-electron chi connectivity index (χ2n) is 4.05. The maximum absolute atomic E-state index is 11.9.